The second-order valence-corrected chi connectivity index (χ2v) is 5.11. The van der Waals surface area contributed by atoms with E-state index in [1.807, 2.05) is 7.05 Å². The summed E-state index contributed by atoms with van der Waals surface area (Å²) in [4.78, 5) is 0. The van der Waals surface area contributed by atoms with Gasteiger partial charge in [0, 0.05) is 6.61 Å². The van der Waals surface area contributed by atoms with Gasteiger partial charge in [0.25, 0.3) is 0 Å². The molecule has 0 heterocycles. The number of likely N-dealkylation sites (N-methyl/N-ethyl adjacent to an activating group) is 1. The smallest absolute Gasteiger partial charge is 0.0845 e. The number of nitrogens with one attached hydrogen (secondary N) is 1. The zero-order valence-electron chi connectivity index (χ0n) is 12.6. The lowest BCUT2D eigenvalue weighted by Crippen LogP contribution is -2.42. The summed E-state index contributed by atoms with van der Waals surface area (Å²) in [7, 11) is 2.01. The van der Waals surface area contributed by atoms with Gasteiger partial charge in [-0.1, -0.05) is 25.1 Å². The highest BCUT2D eigenvalue weighted by atomic mass is 16.5. The topological polar surface area (TPSA) is 21.3 Å². The van der Waals surface area contributed by atoms with Crippen LogP contribution in [0.3, 0.4) is 0 Å². The maximum absolute atomic E-state index is 6.02. The van der Waals surface area contributed by atoms with Gasteiger partial charge >= 0.3 is 0 Å². The molecule has 0 fully saturated rings. The van der Waals surface area contributed by atoms with Gasteiger partial charge in [0.15, 0.2) is 0 Å². The zero-order chi connectivity index (χ0) is 13.8. The molecule has 1 N–H and O–H groups in total. The van der Waals surface area contributed by atoms with E-state index in [-0.39, 0.29) is 11.6 Å². The van der Waals surface area contributed by atoms with Crippen LogP contribution in [0.25, 0.3) is 0 Å². The first kappa shape index (κ1) is 15.2. The van der Waals surface area contributed by atoms with Crippen LogP contribution in [0.2, 0.25) is 0 Å². The van der Waals surface area contributed by atoms with Crippen molar-refractivity contribution in [3.63, 3.8) is 0 Å². The number of benzene rings is 1. The SMILES string of the molecule is CCOC(C)(CC)C(NC)c1cccc(C)c1C. The third-order valence-electron chi connectivity index (χ3n) is 4.03. The molecule has 0 spiro atoms. The molecule has 1 aromatic rings. The van der Waals surface area contributed by atoms with E-state index in [1.165, 1.54) is 16.7 Å². The average Bonchev–Trinajstić information content (AvgIpc) is 2.35. The fraction of sp³-hybridized carbons (Fsp3) is 0.625. The van der Waals surface area contributed by atoms with Crippen LogP contribution in [0.15, 0.2) is 18.2 Å². The van der Waals surface area contributed by atoms with Gasteiger partial charge in [0.2, 0.25) is 0 Å². The van der Waals surface area contributed by atoms with Crippen molar-refractivity contribution in [2.45, 2.75) is 52.7 Å². The molecule has 102 valence electrons. The van der Waals surface area contributed by atoms with Gasteiger partial charge in [-0.15, -0.1) is 0 Å². The Hall–Kier alpha value is -0.860. The molecule has 0 aliphatic rings. The number of hydrogen-bond acceptors (Lipinski definition) is 2. The summed E-state index contributed by atoms with van der Waals surface area (Å²) in [5.41, 5.74) is 3.87. The number of ether oxygens (including phenoxy) is 1. The van der Waals surface area contributed by atoms with Crippen molar-refractivity contribution in [3.8, 4) is 0 Å². The van der Waals surface area contributed by atoms with E-state index in [0.29, 0.717) is 0 Å². The average molecular weight is 249 g/mol. The molecule has 2 heteroatoms. The molecule has 18 heavy (non-hydrogen) atoms. The summed E-state index contributed by atoms with van der Waals surface area (Å²) in [6.45, 7) is 11.5. The first-order valence-electron chi connectivity index (χ1n) is 6.87. The fourth-order valence-corrected chi connectivity index (χ4v) is 2.60. The summed E-state index contributed by atoms with van der Waals surface area (Å²) >= 11 is 0. The van der Waals surface area contributed by atoms with E-state index in [1.54, 1.807) is 0 Å². The first-order chi connectivity index (χ1) is 8.50. The minimum atomic E-state index is -0.165. The Balaban J connectivity index is 3.19. The van der Waals surface area contributed by atoms with E-state index in [2.05, 4.69) is 58.1 Å². The summed E-state index contributed by atoms with van der Waals surface area (Å²) in [5.74, 6) is 0. The Labute approximate surface area is 112 Å². The van der Waals surface area contributed by atoms with Gasteiger partial charge in [0.1, 0.15) is 0 Å². The second kappa shape index (κ2) is 6.35. The largest absolute Gasteiger partial charge is 0.374 e. The zero-order valence-corrected chi connectivity index (χ0v) is 12.6. The highest BCUT2D eigenvalue weighted by molar-refractivity contribution is 5.36. The van der Waals surface area contributed by atoms with Gasteiger partial charge in [0.05, 0.1) is 11.6 Å². The summed E-state index contributed by atoms with van der Waals surface area (Å²) in [6.07, 6.45) is 0.986. The third-order valence-corrected chi connectivity index (χ3v) is 4.03. The first-order valence-corrected chi connectivity index (χ1v) is 6.87. The van der Waals surface area contributed by atoms with Crippen LogP contribution in [-0.4, -0.2) is 19.3 Å². The van der Waals surface area contributed by atoms with Gasteiger partial charge in [-0.3, -0.25) is 0 Å². The molecule has 1 aromatic carbocycles. The number of aryl methyl sites for hydroxylation is 1. The van der Waals surface area contributed by atoms with Crippen LogP contribution in [0.4, 0.5) is 0 Å². The molecule has 0 saturated heterocycles. The molecule has 0 radical (unpaired) electrons. The quantitative estimate of drug-likeness (QED) is 0.828. The Kier molecular flexibility index (Phi) is 5.36. The van der Waals surface area contributed by atoms with E-state index in [9.17, 15) is 0 Å². The van der Waals surface area contributed by atoms with Crippen LogP contribution in [-0.2, 0) is 4.74 Å². The predicted molar refractivity (Wildman–Crippen MR) is 78.0 cm³/mol. The normalized spacial score (nSPS) is 16.3. The summed E-state index contributed by atoms with van der Waals surface area (Å²) in [5, 5.41) is 3.44. The predicted octanol–water partition coefficient (Wildman–Crippen LogP) is 3.77. The van der Waals surface area contributed by atoms with Crippen molar-refractivity contribution in [3.05, 3.63) is 34.9 Å². The van der Waals surface area contributed by atoms with E-state index in [4.69, 9.17) is 4.74 Å². The molecule has 0 saturated carbocycles. The summed E-state index contributed by atoms with van der Waals surface area (Å²) < 4.78 is 6.02. The molecule has 0 bridgehead atoms. The van der Waals surface area contributed by atoms with E-state index >= 15 is 0 Å². The Bertz CT molecular complexity index is 389. The summed E-state index contributed by atoms with van der Waals surface area (Å²) in [6, 6.07) is 6.72. The number of hydrogen-bond donors (Lipinski definition) is 1. The molecular formula is C16H27NO. The Morgan fingerprint density at radius 3 is 2.44 bits per heavy atom. The third kappa shape index (κ3) is 2.93. The monoisotopic (exact) mass is 249 g/mol. The van der Waals surface area contributed by atoms with Crippen LogP contribution < -0.4 is 5.32 Å². The lowest BCUT2D eigenvalue weighted by molar-refractivity contribution is -0.0548. The van der Waals surface area contributed by atoms with Crippen LogP contribution in [0.1, 0.15) is 49.9 Å². The van der Waals surface area contributed by atoms with Crippen molar-refractivity contribution < 1.29 is 4.74 Å². The van der Waals surface area contributed by atoms with Crippen molar-refractivity contribution in [2.75, 3.05) is 13.7 Å². The molecule has 2 unspecified atom stereocenters. The van der Waals surface area contributed by atoms with Gasteiger partial charge in [-0.2, -0.15) is 0 Å². The van der Waals surface area contributed by atoms with Crippen LogP contribution in [0, 0.1) is 13.8 Å². The van der Waals surface area contributed by atoms with Gasteiger partial charge in [-0.25, -0.2) is 0 Å². The van der Waals surface area contributed by atoms with Gasteiger partial charge < -0.3 is 10.1 Å². The molecule has 1 rings (SSSR count). The van der Waals surface area contributed by atoms with E-state index in [0.717, 1.165) is 13.0 Å². The van der Waals surface area contributed by atoms with Crippen molar-refractivity contribution in [1.29, 1.82) is 0 Å². The molecule has 0 amide bonds. The molecule has 2 nitrogen and oxygen atoms in total. The fourth-order valence-electron chi connectivity index (χ4n) is 2.60. The highest BCUT2D eigenvalue weighted by Gasteiger charge is 2.34. The van der Waals surface area contributed by atoms with Crippen molar-refractivity contribution in [2.24, 2.45) is 0 Å². The molecular weight excluding hydrogens is 222 g/mol. The lowest BCUT2D eigenvalue weighted by Gasteiger charge is -2.38. The lowest BCUT2D eigenvalue weighted by atomic mass is 9.84. The Morgan fingerprint density at radius 1 is 1.28 bits per heavy atom. The Morgan fingerprint density at radius 2 is 1.94 bits per heavy atom. The van der Waals surface area contributed by atoms with Gasteiger partial charge in [-0.05, 0) is 57.9 Å². The maximum Gasteiger partial charge on any atom is 0.0845 e. The minimum absolute atomic E-state index is 0.165. The van der Waals surface area contributed by atoms with Crippen molar-refractivity contribution in [1.82, 2.24) is 5.32 Å². The molecule has 0 aliphatic heterocycles. The molecule has 2 atom stereocenters. The van der Waals surface area contributed by atoms with Crippen LogP contribution in [0.5, 0.6) is 0 Å². The second-order valence-electron chi connectivity index (χ2n) is 5.11. The minimum Gasteiger partial charge on any atom is -0.374 e. The standard InChI is InChI=1S/C16H27NO/c1-7-16(5,18-8-2)15(17-6)14-11-9-10-12(3)13(14)4/h9-11,15,17H,7-8H2,1-6H3. The molecule has 0 aromatic heterocycles. The maximum atomic E-state index is 6.02. The number of rotatable bonds is 6. The van der Waals surface area contributed by atoms with Crippen molar-refractivity contribution >= 4 is 0 Å². The van der Waals surface area contributed by atoms with E-state index < -0.39 is 0 Å². The highest BCUT2D eigenvalue weighted by Crippen LogP contribution is 2.34. The molecule has 0 aliphatic carbocycles. The van der Waals surface area contributed by atoms with Crippen LogP contribution >= 0.6 is 0 Å².